The molecule has 1 aliphatic rings. The first-order valence-electron chi connectivity index (χ1n) is 6.56. The second kappa shape index (κ2) is 6.61. The van der Waals surface area contributed by atoms with E-state index in [0.717, 1.165) is 17.5 Å². The summed E-state index contributed by atoms with van der Waals surface area (Å²) >= 11 is 1.69. The summed E-state index contributed by atoms with van der Waals surface area (Å²) in [6.45, 7) is 5.89. The molecule has 1 aromatic rings. The molecule has 4 nitrogen and oxygen atoms in total. The Balaban J connectivity index is 1.60. The molecule has 0 aliphatic heterocycles. The molecule has 2 N–H and O–H groups in total. The van der Waals surface area contributed by atoms with Gasteiger partial charge in [0.05, 0.1) is 18.8 Å². The first-order valence-corrected chi connectivity index (χ1v) is 7.38. The number of hydrogen-bond donors (Lipinski definition) is 2. The summed E-state index contributed by atoms with van der Waals surface area (Å²) < 4.78 is 5.46. The standard InChI is InChI=1S/C13H22N2O2S/c1-9-5-15-13(18-9)10(2)14-6-12(16)8-17-7-11-3-4-11/h5,10-12,14,16H,3-4,6-8H2,1-2H3. The smallest absolute Gasteiger partial charge is 0.109 e. The number of aliphatic hydroxyl groups is 1. The molecule has 1 saturated carbocycles. The molecule has 0 spiro atoms. The maximum Gasteiger partial charge on any atom is 0.109 e. The zero-order chi connectivity index (χ0) is 13.0. The lowest BCUT2D eigenvalue weighted by molar-refractivity contribution is 0.0315. The molecule has 0 aromatic carbocycles. The Bertz CT molecular complexity index is 366. The van der Waals surface area contributed by atoms with Crippen molar-refractivity contribution in [2.45, 2.75) is 38.8 Å². The van der Waals surface area contributed by atoms with Gasteiger partial charge in [0.2, 0.25) is 0 Å². The van der Waals surface area contributed by atoms with E-state index in [1.54, 1.807) is 11.3 Å². The zero-order valence-corrected chi connectivity index (χ0v) is 11.9. The lowest BCUT2D eigenvalue weighted by atomic mass is 10.3. The fourth-order valence-electron chi connectivity index (χ4n) is 1.69. The Morgan fingerprint density at radius 3 is 3.00 bits per heavy atom. The minimum atomic E-state index is -0.438. The number of nitrogens with zero attached hydrogens (tertiary/aromatic N) is 1. The van der Waals surface area contributed by atoms with E-state index in [1.165, 1.54) is 17.7 Å². The quantitative estimate of drug-likeness (QED) is 0.757. The highest BCUT2D eigenvalue weighted by Crippen LogP contribution is 2.28. The first kappa shape index (κ1) is 13.9. The van der Waals surface area contributed by atoms with Crippen molar-refractivity contribution in [3.05, 3.63) is 16.1 Å². The number of rotatable bonds is 8. The van der Waals surface area contributed by atoms with Crippen LogP contribution in [0.4, 0.5) is 0 Å². The molecule has 2 unspecified atom stereocenters. The fourth-order valence-corrected chi connectivity index (χ4v) is 2.49. The summed E-state index contributed by atoms with van der Waals surface area (Å²) in [6.07, 6.45) is 4.02. The molecule has 18 heavy (non-hydrogen) atoms. The van der Waals surface area contributed by atoms with Gasteiger partial charge < -0.3 is 15.2 Å². The van der Waals surface area contributed by atoms with Crippen LogP contribution in [-0.2, 0) is 4.74 Å². The summed E-state index contributed by atoms with van der Waals surface area (Å²) in [4.78, 5) is 5.55. The number of ether oxygens (including phenoxy) is 1. The highest BCUT2D eigenvalue weighted by molar-refractivity contribution is 7.11. The number of aryl methyl sites for hydroxylation is 1. The van der Waals surface area contributed by atoms with E-state index in [2.05, 4.69) is 24.1 Å². The van der Waals surface area contributed by atoms with Crippen molar-refractivity contribution in [1.29, 1.82) is 0 Å². The van der Waals surface area contributed by atoms with Gasteiger partial charge in [-0.05, 0) is 32.6 Å². The summed E-state index contributed by atoms with van der Waals surface area (Å²) in [6, 6.07) is 0.182. The Kier molecular flexibility index (Phi) is 5.12. The Morgan fingerprint density at radius 2 is 2.39 bits per heavy atom. The van der Waals surface area contributed by atoms with Crippen LogP contribution in [0, 0.1) is 12.8 Å². The second-order valence-electron chi connectivity index (χ2n) is 5.07. The largest absolute Gasteiger partial charge is 0.389 e. The number of hydrogen-bond acceptors (Lipinski definition) is 5. The van der Waals surface area contributed by atoms with E-state index in [4.69, 9.17) is 4.74 Å². The Morgan fingerprint density at radius 1 is 1.61 bits per heavy atom. The minimum absolute atomic E-state index is 0.182. The molecule has 1 aliphatic carbocycles. The van der Waals surface area contributed by atoms with E-state index in [1.807, 2.05) is 6.20 Å². The van der Waals surface area contributed by atoms with Gasteiger partial charge in [-0.2, -0.15) is 0 Å². The lowest BCUT2D eigenvalue weighted by Crippen LogP contribution is -2.32. The number of nitrogens with one attached hydrogen (secondary N) is 1. The average molecular weight is 270 g/mol. The third kappa shape index (κ3) is 4.65. The van der Waals surface area contributed by atoms with Gasteiger partial charge in [0.1, 0.15) is 5.01 Å². The molecule has 0 saturated heterocycles. The van der Waals surface area contributed by atoms with Gasteiger partial charge in [-0.15, -0.1) is 11.3 Å². The van der Waals surface area contributed by atoms with Gasteiger partial charge in [0.15, 0.2) is 0 Å². The van der Waals surface area contributed by atoms with Crippen LogP contribution < -0.4 is 5.32 Å². The molecule has 1 heterocycles. The Hall–Kier alpha value is -0.490. The van der Waals surface area contributed by atoms with Crippen LogP contribution in [0.15, 0.2) is 6.20 Å². The Labute approximate surface area is 112 Å². The van der Waals surface area contributed by atoms with Crippen molar-refractivity contribution in [2.75, 3.05) is 19.8 Å². The van der Waals surface area contributed by atoms with Crippen LogP contribution >= 0.6 is 11.3 Å². The minimum Gasteiger partial charge on any atom is -0.389 e. The van der Waals surface area contributed by atoms with Crippen molar-refractivity contribution < 1.29 is 9.84 Å². The SMILES string of the molecule is Cc1cnc(C(C)NCC(O)COCC2CC2)s1. The van der Waals surface area contributed by atoms with Gasteiger partial charge in [0, 0.05) is 24.2 Å². The van der Waals surface area contributed by atoms with Crippen LogP contribution in [0.3, 0.4) is 0 Å². The van der Waals surface area contributed by atoms with E-state index in [9.17, 15) is 5.11 Å². The molecule has 2 rings (SSSR count). The molecule has 2 atom stereocenters. The molecular weight excluding hydrogens is 248 g/mol. The number of aromatic nitrogens is 1. The van der Waals surface area contributed by atoms with Gasteiger partial charge >= 0.3 is 0 Å². The first-order chi connectivity index (χ1) is 8.65. The van der Waals surface area contributed by atoms with E-state index in [-0.39, 0.29) is 6.04 Å². The molecule has 0 bridgehead atoms. The van der Waals surface area contributed by atoms with Crippen LogP contribution in [0.1, 0.15) is 35.7 Å². The highest BCUT2D eigenvalue weighted by atomic mass is 32.1. The van der Waals surface area contributed by atoms with Crippen LogP contribution in [0.2, 0.25) is 0 Å². The molecule has 1 fully saturated rings. The third-order valence-electron chi connectivity index (χ3n) is 3.03. The van der Waals surface area contributed by atoms with Crippen molar-refractivity contribution >= 4 is 11.3 Å². The summed E-state index contributed by atoms with van der Waals surface area (Å²) in [5.41, 5.74) is 0. The van der Waals surface area contributed by atoms with Crippen molar-refractivity contribution in [3.63, 3.8) is 0 Å². The summed E-state index contributed by atoms with van der Waals surface area (Å²) in [5, 5.41) is 14.1. The van der Waals surface area contributed by atoms with Gasteiger partial charge in [-0.3, -0.25) is 0 Å². The topological polar surface area (TPSA) is 54.4 Å². The fraction of sp³-hybridized carbons (Fsp3) is 0.769. The summed E-state index contributed by atoms with van der Waals surface area (Å²) in [5.74, 6) is 0.752. The lowest BCUT2D eigenvalue weighted by Gasteiger charge is -2.15. The van der Waals surface area contributed by atoms with Crippen molar-refractivity contribution in [1.82, 2.24) is 10.3 Å². The van der Waals surface area contributed by atoms with E-state index >= 15 is 0 Å². The highest BCUT2D eigenvalue weighted by Gasteiger charge is 2.21. The molecular formula is C13H22N2O2S. The zero-order valence-electron chi connectivity index (χ0n) is 11.1. The molecule has 5 heteroatoms. The van der Waals surface area contributed by atoms with Crippen molar-refractivity contribution in [2.24, 2.45) is 5.92 Å². The predicted molar refractivity (Wildman–Crippen MR) is 72.8 cm³/mol. The maximum atomic E-state index is 9.78. The molecule has 102 valence electrons. The van der Waals surface area contributed by atoms with Gasteiger partial charge in [-0.25, -0.2) is 4.98 Å². The molecule has 0 radical (unpaired) electrons. The van der Waals surface area contributed by atoms with Crippen LogP contribution in [0.5, 0.6) is 0 Å². The summed E-state index contributed by atoms with van der Waals surface area (Å²) in [7, 11) is 0. The van der Waals surface area contributed by atoms with E-state index < -0.39 is 6.10 Å². The average Bonchev–Trinajstić information content (AvgIpc) is 3.06. The predicted octanol–water partition coefficient (Wildman–Crippen LogP) is 1.89. The molecule has 0 amide bonds. The van der Waals surface area contributed by atoms with Gasteiger partial charge in [-0.1, -0.05) is 0 Å². The number of thiazole rings is 1. The second-order valence-corrected chi connectivity index (χ2v) is 6.34. The van der Waals surface area contributed by atoms with Crippen LogP contribution in [0.25, 0.3) is 0 Å². The third-order valence-corrected chi connectivity index (χ3v) is 4.13. The number of aliphatic hydroxyl groups excluding tert-OH is 1. The molecule has 1 aromatic heterocycles. The van der Waals surface area contributed by atoms with E-state index in [0.29, 0.717) is 13.2 Å². The maximum absolute atomic E-state index is 9.78. The monoisotopic (exact) mass is 270 g/mol. The normalized spacial score (nSPS) is 18.8. The van der Waals surface area contributed by atoms with Gasteiger partial charge in [0.25, 0.3) is 0 Å². The van der Waals surface area contributed by atoms with Crippen molar-refractivity contribution in [3.8, 4) is 0 Å². The van der Waals surface area contributed by atoms with Crippen LogP contribution in [-0.4, -0.2) is 36.0 Å².